The highest BCUT2D eigenvalue weighted by atomic mass is 35.5. The molecule has 2 fully saturated rings. The lowest BCUT2D eigenvalue weighted by atomic mass is 10.2. The van der Waals surface area contributed by atoms with E-state index in [1.165, 1.54) is 10.9 Å². The van der Waals surface area contributed by atoms with Gasteiger partial charge in [0.15, 0.2) is 5.69 Å². The van der Waals surface area contributed by atoms with E-state index in [1.807, 2.05) is 4.90 Å². The molecule has 2 heterocycles. The van der Waals surface area contributed by atoms with Gasteiger partial charge in [-0.2, -0.15) is 5.10 Å². The number of amides is 1. The van der Waals surface area contributed by atoms with Crippen molar-refractivity contribution in [3.8, 4) is 0 Å². The van der Waals surface area contributed by atoms with Gasteiger partial charge in [-0.05, 0) is 19.3 Å². The molecule has 0 spiro atoms. The van der Waals surface area contributed by atoms with E-state index in [4.69, 9.17) is 16.7 Å². The second-order valence-electron chi connectivity index (χ2n) is 5.09. The van der Waals surface area contributed by atoms with Crippen LogP contribution in [0.1, 0.15) is 35.8 Å². The van der Waals surface area contributed by atoms with E-state index in [9.17, 15) is 9.59 Å². The van der Waals surface area contributed by atoms with Crippen molar-refractivity contribution >= 4 is 23.5 Å². The SMILES string of the molecule is O=C(O)c1c(Cl)cnn1[C@H]1CCN(C(=O)C2CC2)C1. The van der Waals surface area contributed by atoms with E-state index in [1.54, 1.807) is 0 Å². The molecule has 1 amide bonds. The average Bonchev–Trinajstić information content (AvgIpc) is 2.96. The van der Waals surface area contributed by atoms with Gasteiger partial charge in [0.25, 0.3) is 0 Å². The Kier molecular flexibility index (Phi) is 2.97. The highest BCUT2D eigenvalue weighted by Crippen LogP contribution is 2.34. The van der Waals surface area contributed by atoms with Crippen molar-refractivity contribution in [2.45, 2.75) is 25.3 Å². The van der Waals surface area contributed by atoms with Crippen LogP contribution in [0.25, 0.3) is 0 Å². The second-order valence-corrected chi connectivity index (χ2v) is 5.50. The van der Waals surface area contributed by atoms with Crippen LogP contribution in [0.3, 0.4) is 0 Å². The average molecular weight is 284 g/mol. The van der Waals surface area contributed by atoms with Crippen molar-refractivity contribution in [1.29, 1.82) is 0 Å². The van der Waals surface area contributed by atoms with Crippen LogP contribution in [0.15, 0.2) is 6.20 Å². The van der Waals surface area contributed by atoms with Gasteiger partial charge in [-0.1, -0.05) is 11.6 Å². The number of likely N-dealkylation sites (tertiary alicyclic amines) is 1. The van der Waals surface area contributed by atoms with E-state index in [2.05, 4.69) is 5.10 Å². The Bertz CT molecular complexity index is 538. The first-order valence-corrected chi connectivity index (χ1v) is 6.71. The number of carbonyl (C=O) groups excluding carboxylic acids is 1. The zero-order valence-electron chi connectivity index (χ0n) is 10.3. The molecule has 102 valence electrons. The summed E-state index contributed by atoms with van der Waals surface area (Å²) >= 11 is 5.83. The Morgan fingerprint density at radius 2 is 2.11 bits per heavy atom. The predicted octanol–water partition coefficient (Wildman–Crippen LogP) is 1.42. The molecule has 0 radical (unpaired) electrons. The van der Waals surface area contributed by atoms with Crippen LogP contribution in [-0.4, -0.2) is 44.8 Å². The summed E-state index contributed by atoms with van der Waals surface area (Å²) in [5.74, 6) is -0.703. The molecule has 1 aliphatic heterocycles. The van der Waals surface area contributed by atoms with Gasteiger partial charge in [-0.3, -0.25) is 9.48 Å². The summed E-state index contributed by atoms with van der Waals surface area (Å²) in [6.07, 6.45) is 4.02. The highest BCUT2D eigenvalue weighted by molar-refractivity contribution is 6.33. The monoisotopic (exact) mass is 283 g/mol. The fourth-order valence-corrected chi connectivity index (χ4v) is 2.76. The number of aromatic carboxylic acids is 1. The van der Waals surface area contributed by atoms with E-state index < -0.39 is 5.97 Å². The molecular weight excluding hydrogens is 270 g/mol. The number of carboxylic acid groups (broad SMARTS) is 1. The number of rotatable bonds is 3. The Hall–Kier alpha value is -1.56. The van der Waals surface area contributed by atoms with E-state index >= 15 is 0 Å². The fraction of sp³-hybridized carbons (Fsp3) is 0.583. The third-order valence-electron chi connectivity index (χ3n) is 3.70. The molecule has 19 heavy (non-hydrogen) atoms. The van der Waals surface area contributed by atoms with Gasteiger partial charge in [0.05, 0.1) is 17.3 Å². The van der Waals surface area contributed by atoms with Crippen molar-refractivity contribution in [1.82, 2.24) is 14.7 Å². The summed E-state index contributed by atoms with van der Waals surface area (Å²) in [4.78, 5) is 24.9. The topological polar surface area (TPSA) is 75.4 Å². The third-order valence-corrected chi connectivity index (χ3v) is 3.98. The zero-order valence-corrected chi connectivity index (χ0v) is 11.0. The zero-order chi connectivity index (χ0) is 13.6. The number of halogens is 1. The highest BCUT2D eigenvalue weighted by Gasteiger charge is 2.38. The molecule has 0 aromatic carbocycles. The smallest absolute Gasteiger partial charge is 0.355 e. The lowest BCUT2D eigenvalue weighted by Crippen LogP contribution is -2.30. The standard InChI is InChI=1S/C12H14ClN3O3/c13-9-5-14-16(10(9)12(18)19)8-3-4-15(6-8)11(17)7-1-2-7/h5,7-8H,1-4,6H2,(H,18,19)/t8-/m0/s1. The molecule has 3 rings (SSSR count). The molecule has 1 aliphatic carbocycles. The van der Waals surface area contributed by atoms with Gasteiger partial charge in [-0.25, -0.2) is 4.79 Å². The first kappa shape index (κ1) is 12.5. The van der Waals surface area contributed by atoms with Gasteiger partial charge in [0.2, 0.25) is 5.91 Å². The molecule has 1 atom stereocenters. The maximum atomic E-state index is 12.0. The summed E-state index contributed by atoms with van der Waals surface area (Å²) in [6, 6.07) is -0.0960. The summed E-state index contributed by atoms with van der Waals surface area (Å²) in [5.41, 5.74) is 0.00684. The van der Waals surface area contributed by atoms with E-state index in [0.29, 0.717) is 13.1 Å². The number of carboxylic acids is 1. The van der Waals surface area contributed by atoms with Crippen molar-refractivity contribution in [2.24, 2.45) is 5.92 Å². The molecule has 1 N–H and O–H groups in total. The molecule has 1 saturated heterocycles. The van der Waals surface area contributed by atoms with Crippen LogP contribution >= 0.6 is 11.6 Å². The minimum atomic E-state index is -1.09. The minimum absolute atomic E-state index is 0.00684. The number of aromatic nitrogens is 2. The largest absolute Gasteiger partial charge is 0.476 e. The van der Waals surface area contributed by atoms with Crippen LogP contribution in [-0.2, 0) is 4.79 Å². The van der Waals surface area contributed by atoms with Crippen LogP contribution in [0.2, 0.25) is 5.02 Å². The quantitative estimate of drug-likeness (QED) is 0.910. The first-order valence-electron chi connectivity index (χ1n) is 6.33. The number of hydrogen-bond donors (Lipinski definition) is 1. The minimum Gasteiger partial charge on any atom is -0.476 e. The lowest BCUT2D eigenvalue weighted by Gasteiger charge is -2.17. The molecule has 0 unspecified atom stereocenters. The molecular formula is C12H14ClN3O3. The van der Waals surface area contributed by atoms with Crippen LogP contribution in [0, 0.1) is 5.92 Å². The number of hydrogen-bond acceptors (Lipinski definition) is 3. The van der Waals surface area contributed by atoms with Crippen molar-refractivity contribution in [2.75, 3.05) is 13.1 Å². The molecule has 6 nitrogen and oxygen atoms in total. The van der Waals surface area contributed by atoms with Gasteiger partial charge >= 0.3 is 5.97 Å². The number of nitrogens with zero attached hydrogens (tertiary/aromatic N) is 3. The van der Waals surface area contributed by atoms with Gasteiger partial charge in [0.1, 0.15) is 0 Å². The normalized spacial score (nSPS) is 22.8. The van der Waals surface area contributed by atoms with Crippen molar-refractivity contribution in [3.05, 3.63) is 16.9 Å². The van der Waals surface area contributed by atoms with Crippen LogP contribution < -0.4 is 0 Å². The molecule has 2 aliphatic rings. The second kappa shape index (κ2) is 4.52. The summed E-state index contributed by atoms with van der Waals surface area (Å²) in [5, 5.41) is 13.3. The van der Waals surface area contributed by atoms with Crippen LogP contribution in [0.5, 0.6) is 0 Å². The third kappa shape index (κ3) is 2.20. The Balaban J connectivity index is 1.77. The molecule has 1 aromatic rings. The van der Waals surface area contributed by atoms with Crippen molar-refractivity contribution in [3.63, 3.8) is 0 Å². The summed E-state index contributed by atoms with van der Waals surface area (Å²) in [7, 11) is 0. The van der Waals surface area contributed by atoms with E-state index in [0.717, 1.165) is 19.3 Å². The maximum absolute atomic E-state index is 12.0. The Labute approximate surface area is 114 Å². The van der Waals surface area contributed by atoms with Gasteiger partial charge < -0.3 is 10.0 Å². The van der Waals surface area contributed by atoms with Crippen molar-refractivity contribution < 1.29 is 14.7 Å². The lowest BCUT2D eigenvalue weighted by molar-refractivity contribution is -0.131. The Morgan fingerprint density at radius 3 is 2.74 bits per heavy atom. The fourth-order valence-electron chi connectivity index (χ4n) is 2.55. The Morgan fingerprint density at radius 1 is 1.37 bits per heavy atom. The predicted molar refractivity (Wildman–Crippen MR) is 67.2 cm³/mol. The van der Waals surface area contributed by atoms with Gasteiger partial charge in [0, 0.05) is 19.0 Å². The van der Waals surface area contributed by atoms with E-state index in [-0.39, 0.29) is 28.6 Å². The molecule has 1 saturated carbocycles. The molecule has 1 aromatic heterocycles. The van der Waals surface area contributed by atoms with Gasteiger partial charge in [-0.15, -0.1) is 0 Å². The molecule has 7 heteroatoms. The van der Waals surface area contributed by atoms with Crippen LogP contribution in [0.4, 0.5) is 0 Å². The summed E-state index contributed by atoms with van der Waals surface area (Å²) < 4.78 is 1.44. The maximum Gasteiger partial charge on any atom is 0.355 e. The first-order chi connectivity index (χ1) is 9.08. The molecule has 0 bridgehead atoms. The number of carbonyl (C=O) groups is 2. The summed E-state index contributed by atoms with van der Waals surface area (Å²) in [6.45, 7) is 1.18.